The predicted octanol–water partition coefficient (Wildman–Crippen LogP) is 5.61. The van der Waals surface area contributed by atoms with Crippen LogP contribution in [0.1, 0.15) is 97.8 Å². The largest absolute Gasteiger partial charge is 0.447 e. The molecule has 0 aromatic carbocycles. The van der Waals surface area contributed by atoms with Gasteiger partial charge in [-0.2, -0.15) is 0 Å². The Morgan fingerprint density at radius 2 is 1.61 bits per heavy atom. The number of unbranched alkanes of at least 4 members (excludes halogenated alkanes) is 11. The Kier molecular flexibility index (Phi) is 12.9. The van der Waals surface area contributed by atoms with Gasteiger partial charge >= 0.3 is 6.09 Å². The monoisotopic (exact) mass is 395 g/mol. The number of ether oxygens (including phenoxy) is 1. The summed E-state index contributed by atoms with van der Waals surface area (Å²) in [7, 11) is 0. The fourth-order valence-corrected chi connectivity index (χ4v) is 3.51. The number of cyclic esters (lactones) is 1. The van der Waals surface area contributed by atoms with Gasteiger partial charge in [0.05, 0.1) is 6.10 Å². The maximum absolute atomic E-state index is 12.1. The van der Waals surface area contributed by atoms with E-state index in [1.54, 1.807) is 19.9 Å². The van der Waals surface area contributed by atoms with Gasteiger partial charge in [0.2, 0.25) is 5.91 Å². The number of hydrogen-bond acceptors (Lipinski definition) is 4. The summed E-state index contributed by atoms with van der Waals surface area (Å²) in [6, 6.07) is -0.615. The Balaban J connectivity index is 2.12. The lowest BCUT2D eigenvalue weighted by molar-refractivity contribution is -0.133. The minimum atomic E-state index is -0.873. The Morgan fingerprint density at radius 3 is 2.14 bits per heavy atom. The number of hydrogen-bond donors (Lipinski definition) is 1. The lowest BCUT2D eigenvalue weighted by Crippen LogP contribution is -2.46. The van der Waals surface area contributed by atoms with Crippen LogP contribution in [-0.4, -0.2) is 40.8 Å². The third-order valence-electron chi connectivity index (χ3n) is 5.34. The lowest BCUT2D eigenvalue weighted by atomic mass is 10.0. The van der Waals surface area contributed by atoms with Crippen molar-refractivity contribution in [2.45, 2.75) is 110 Å². The second-order valence-electron chi connectivity index (χ2n) is 8.25. The van der Waals surface area contributed by atoms with Gasteiger partial charge in [-0.05, 0) is 12.8 Å². The summed E-state index contributed by atoms with van der Waals surface area (Å²) in [4.78, 5) is 25.0. The highest BCUT2D eigenvalue weighted by atomic mass is 16.6. The van der Waals surface area contributed by atoms with Crippen LogP contribution in [0.5, 0.6) is 0 Å². The molecule has 2 amide bonds. The third kappa shape index (κ3) is 9.22. The molecule has 0 aromatic heterocycles. The molecule has 1 saturated heterocycles. The maximum Gasteiger partial charge on any atom is 0.417 e. The van der Waals surface area contributed by atoms with Crippen molar-refractivity contribution >= 4 is 12.0 Å². The van der Waals surface area contributed by atoms with Crippen LogP contribution in [0.4, 0.5) is 4.79 Å². The SMILES string of the molecule is CCCCCCCCCCCCC/C=C/[C@@H](O)[C@@H]1COC(=O)N1C(=O)C(C)C. The first-order valence-electron chi connectivity index (χ1n) is 11.3. The van der Waals surface area contributed by atoms with Crippen LogP contribution < -0.4 is 0 Å². The van der Waals surface area contributed by atoms with E-state index >= 15 is 0 Å². The van der Waals surface area contributed by atoms with E-state index in [9.17, 15) is 14.7 Å². The third-order valence-corrected chi connectivity index (χ3v) is 5.34. The molecule has 0 aliphatic carbocycles. The van der Waals surface area contributed by atoms with Crippen LogP contribution in [0.15, 0.2) is 12.2 Å². The van der Waals surface area contributed by atoms with Gasteiger partial charge in [-0.3, -0.25) is 4.79 Å². The number of aliphatic hydroxyl groups excluding tert-OH is 1. The Morgan fingerprint density at radius 1 is 1.07 bits per heavy atom. The smallest absolute Gasteiger partial charge is 0.417 e. The van der Waals surface area contributed by atoms with E-state index in [0.29, 0.717) is 0 Å². The Labute approximate surface area is 171 Å². The number of imide groups is 1. The van der Waals surface area contributed by atoms with Crippen LogP contribution in [-0.2, 0) is 9.53 Å². The molecule has 1 fully saturated rings. The Hall–Kier alpha value is -1.36. The molecule has 1 aliphatic rings. The molecule has 0 unspecified atom stereocenters. The van der Waals surface area contributed by atoms with Crippen LogP contribution in [0.25, 0.3) is 0 Å². The molecule has 0 bridgehead atoms. The number of carbonyl (C=O) groups excluding carboxylic acids is 2. The van der Waals surface area contributed by atoms with Crippen LogP contribution in [0, 0.1) is 5.92 Å². The van der Waals surface area contributed by atoms with Gasteiger partial charge in [0.1, 0.15) is 12.6 Å². The van der Waals surface area contributed by atoms with Crippen LogP contribution >= 0.6 is 0 Å². The van der Waals surface area contributed by atoms with Crippen molar-refractivity contribution in [2.24, 2.45) is 5.92 Å². The van der Waals surface area contributed by atoms with Gasteiger partial charge in [0, 0.05) is 5.92 Å². The van der Waals surface area contributed by atoms with Crippen molar-refractivity contribution in [1.29, 1.82) is 0 Å². The van der Waals surface area contributed by atoms with E-state index < -0.39 is 18.2 Å². The molecule has 0 spiro atoms. The highest BCUT2D eigenvalue weighted by Crippen LogP contribution is 2.20. The summed E-state index contributed by atoms with van der Waals surface area (Å²) in [5.74, 6) is -0.606. The van der Waals surface area contributed by atoms with E-state index in [2.05, 4.69) is 6.92 Å². The van der Waals surface area contributed by atoms with E-state index in [-0.39, 0.29) is 18.4 Å². The Bertz CT molecular complexity index is 475. The van der Waals surface area contributed by atoms with E-state index in [1.807, 2.05) is 6.08 Å². The first-order chi connectivity index (χ1) is 13.5. The fourth-order valence-electron chi connectivity index (χ4n) is 3.51. The molecule has 1 N–H and O–H groups in total. The number of aliphatic hydroxyl groups is 1. The summed E-state index contributed by atoms with van der Waals surface area (Å²) in [6.07, 6.45) is 17.5. The first kappa shape index (κ1) is 24.7. The van der Waals surface area contributed by atoms with Crippen molar-refractivity contribution in [1.82, 2.24) is 4.90 Å². The molecular weight excluding hydrogens is 354 g/mol. The first-order valence-corrected chi connectivity index (χ1v) is 11.3. The number of rotatable bonds is 15. The van der Waals surface area contributed by atoms with Crippen molar-refractivity contribution in [2.75, 3.05) is 6.61 Å². The standard InChI is InChI=1S/C23H41NO4/c1-4-5-6-7-8-9-10-11-12-13-14-15-16-17-21(25)20-18-28-23(27)24(20)22(26)19(2)3/h16-17,19-21,25H,4-15,18H2,1-3H3/b17-16+/t20-,21+/m0/s1. The van der Waals surface area contributed by atoms with Gasteiger partial charge in [-0.15, -0.1) is 0 Å². The molecule has 162 valence electrons. The molecule has 0 saturated carbocycles. The summed E-state index contributed by atoms with van der Waals surface area (Å²) >= 11 is 0. The average Bonchev–Trinajstić information content (AvgIpc) is 3.06. The number of carbonyl (C=O) groups is 2. The molecule has 5 nitrogen and oxygen atoms in total. The number of allylic oxidation sites excluding steroid dienone is 1. The summed E-state index contributed by atoms with van der Waals surface area (Å²) < 4.78 is 4.96. The lowest BCUT2D eigenvalue weighted by Gasteiger charge is -2.23. The highest BCUT2D eigenvalue weighted by Gasteiger charge is 2.41. The van der Waals surface area contributed by atoms with Gasteiger partial charge in [0.15, 0.2) is 0 Å². The van der Waals surface area contributed by atoms with E-state index in [4.69, 9.17) is 4.74 Å². The van der Waals surface area contributed by atoms with E-state index in [0.717, 1.165) is 17.7 Å². The molecule has 0 aromatic rings. The fraction of sp³-hybridized carbons (Fsp3) is 0.826. The number of amides is 2. The molecule has 0 radical (unpaired) electrons. The van der Waals surface area contributed by atoms with Gasteiger partial charge in [-0.1, -0.05) is 97.1 Å². The highest BCUT2D eigenvalue weighted by molar-refractivity contribution is 5.94. The van der Waals surface area contributed by atoms with Crippen LogP contribution in [0.2, 0.25) is 0 Å². The summed E-state index contributed by atoms with van der Waals surface area (Å²) in [5.41, 5.74) is 0. The summed E-state index contributed by atoms with van der Waals surface area (Å²) in [6.45, 7) is 5.78. The molecule has 1 heterocycles. The maximum atomic E-state index is 12.1. The molecule has 28 heavy (non-hydrogen) atoms. The zero-order chi connectivity index (χ0) is 20.8. The quantitative estimate of drug-likeness (QED) is 0.289. The van der Waals surface area contributed by atoms with E-state index in [1.165, 1.54) is 64.2 Å². The van der Waals surface area contributed by atoms with Crippen LogP contribution in [0.3, 0.4) is 0 Å². The molecular formula is C23H41NO4. The predicted molar refractivity (Wildman–Crippen MR) is 113 cm³/mol. The van der Waals surface area contributed by atoms with Crippen molar-refractivity contribution in [3.05, 3.63) is 12.2 Å². The molecule has 1 aliphatic heterocycles. The van der Waals surface area contributed by atoms with Crippen molar-refractivity contribution < 1.29 is 19.4 Å². The second-order valence-corrected chi connectivity index (χ2v) is 8.25. The van der Waals surface area contributed by atoms with Crippen molar-refractivity contribution in [3.63, 3.8) is 0 Å². The molecule has 2 atom stereocenters. The molecule has 1 rings (SSSR count). The second kappa shape index (κ2) is 14.6. The minimum Gasteiger partial charge on any atom is -0.447 e. The number of nitrogens with zero attached hydrogens (tertiary/aromatic N) is 1. The summed E-state index contributed by atoms with van der Waals surface area (Å²) in [5, 5.41) is 10.3. The topological polar surface area (TPSA) is 66.8 Å². The minimum absolute atomic E-state index is 0.0568. The van der Waals surface area contributed by atoms with Crippen molar-refractivity contribution in [3.8, 4) is 0 Å². The zero-order valence-corrected chi connectivity index (χ0v) is 18.2. The van der Waals surface area contributed by atoms with Gasteiger partial charge in [0.25, 0.3) is 0 Å². The van der Waals surface area contributed by atoms with Gasteiger partial charge < -0.3 is 9.84 Å². The average molecular weight is 396 g/mol. The van der Waals surface area contributed by atoms with Gasteiger partial charge in [-0.25, -0.2) is 9.69 Å². The zero-order valence-electron chi connectivity index (χ0n) is 18.2. The normalized spacial score (nSPS) is 18.2. The molecule has 5 heteroatoms.